The van der Waals surface area contributed by atoms with Crippen LogP contribution in [0.2, 0.25) is 0 Å². The van der Waals surface area contributed by atoms with E-state index in [1.54, 1.807) is 0 Å². The Bertz CT molecular complexity index is 217. The molecule has 0 bridgehead atoms. The average molecular weight is 208 g/mol. The summed E-state index contributed by atoms with van der Waals surface area (Å²) in [6.45, 7) is 4.26. The third-order valence-electron chi connectivity index (χ3n) is 3.24. The molecule has 0 spiro atoms. The first-order valence-electron chi connectivity index (χ1n) is 6.36. The molecule has 0 atom stereocenters. The van der Waals surface area contributed by atoms with Gasteiger partial charge in [-0.2, -0.15) is 0 Å². The van der Waals surface area contributed by atoms with E-state index in [1.807, 2.05) is 0 Å². The summed E-state index contributed by atoms with van der Waals surface area (Å²) < 4.78 is 0. The predicted molar refractivity (Wildman–Crippen MR) is 64.9 cm³/mol. The van der Waals surface area contributed by atoms with Crippen molar-refractivity contribution in [3.05, 3.63) is 11.6 Å². The summed E-state index contributed by atoms with van der Waals surface area (Å²) in [6, 6.07) is 0. The lowest BCUT2D eigenvalue weighted by molar-refractivity contribution is -0.122. The van der Waals surface area contributed by atoms with Crippen molar-refractivity contribution in [1.82, 2.24) is 0 Å². The molecule has 0 aromatic carbocycles. The van der Waals surface area contributed by atoms with E-state index in [2.05, 4.69) is 19.9 Å². The summed E-state index contributed by atoms with van der Waals surface area (Å²) in [4.78, 5) is 11.7. The second kappa shape index (κ2) is 6.81. The van der Waals surface area contributed by atoms with Crippen LogP contribution < -0.4 is 0 Å². The molecule has 0 unspecified atom stereocenters. The Morgan fingerprint density at radius 1 is 1.20 bits per heavy atom. The monoisotopic (exact) mass is 208 g/mol. The van der Waals surface area contributed by atoms with E-state index in [0.29, 0.717) is 11.7 Å². The first-order chi connectivity index (χ1) is 7.20. The Morgan fingerprint density at radius 3 is 2.47 bits per heavy atom. The van der Waals surface area contributed by atoms with Crippen molar-refractivity contribution < 1.29 is 4.79 Å². The zero-order chi connectivity index (χ0) is 11.1. The van der Waals surface area contributed by atoms with E-state index < -0.39 is 0 Å². The largest absolute Gasteiger partial charge is 0.299 e. The maximum atomic E-state index is 11.7. The highest BCUT2D eigenvalue weighted by Gasteiger charge is 2.21. The third-order valence-corrected chi connectivity index (χ3v) is 3.24. The quantitative estimate of drug-likeness (QED) is 0.470. The van der Waals surface area contributed by atoms with Gasteiger partial charge in [0.25, 0.3) is 0 Å². The van der Waals surface area contributed by atoms with Crippen LogP contribution in [-0.4, -0.2) is 5.78 Å². The lowest BCUT2D eigenvalue weighted by atomic mass is 9.98. The summed E-state index contributed by atoms with van der Waals surface area (Å²) in [6.07, 6.45) is 11.3. The first-order valence-corrected chi connectivity index (χ1v) is 6.36. The molecular weight excluding hydrogens is 184 g/mol. The van der Waals surface area contributed by atoms with Crippen molar-refractivity contribution in [2.45, 2.75) is 65.2 Å². The van der Waals surface area contributed by atoms with Crippen molar-refractivity contribution >= 4 is 5.78 Å². The molecule has 0 radical (unpaired) electrons. The molecule has 0 aliphatic heterocycles. The molecule has 0 aromatic heterocycles. The van der Waals surface area contributed by atoms with Crippen LogP contribution in [-0.2, 0) is 4.79 Å². The van der Waals surface area contributed by atoms with Crippen molar-refractivity contribution in [2.24, 2.45) is 5.92 Å². The van der Waals surface area contributed by atoms with Gasteiger partial charge in [0.1, 0.15) is 5.78 Å². The van der Waals surface area contributed by atoms with Gasteiger partial charge < -0.3 is 0 Å². The maximum absolute atomic E-state index is 11.7. The van der Waals surface area contributed by atoms with E-state index in [-0.39, 0.29) is 0 Å². The molecule has 15 heavy (non-hydrogen) atoms. The number of hydrogen-bond acceptors (Lipinski definition) is 1. The fourth-order valence-electron chi connectivity index (χ4n) is 2.29. The number of Topliss-reactive ketones (excluding diaryl/α,β-unsaturated/α-hetero) is 1. The number of carbonyl (C=O) groups excluding carboxylic acids is 1. The molecule has 0 heterocycles. The van der Waals surface area contributed by atoms with Gasteiger partial charge in [0, 0.05) is 12.3 Å². The van der Waals surface area contributed by atoms with Gasteiger partial charge in [-0.3, -0.25) is 4.79 Å². The minimum absolute atomic E-state index is 0.424. The van der Waals surface area contributed by atoms with E-state index >= 15 is 0 Å². The Morgan fingerprint density at radius 2 is 1.87 bits per heavy atom. The van der Waals surface area contributed by atoms with Crippen LogP contribution in [0.15, 0.2) is 11.6 Å². The van der Waals surface area contributed by atoms with Gasteiger partial charge in [0.05, 0.1) is 0 Å². The highest BCUT2D eigenvalue weighted by Crippen LogP contribution is 2.26. The van der Waals surface area contributed by atoms with Gasteiger partial charge in [-0.25, -0.2) is 0 Å². The van der Waals surface area contributed by atoms with Crippen LogP contribution in [0.5, 0.6) is 0 Å². The summed E-state index contributed by atoms with van der Waals surface area (Å²) in [7, 11) is 0. The second-order valence-corrected chi connectivity index (χ2v) is 4.97. The molecule has 1 saturated carbocycles. The molecular formula is C14H24O. The lowest BCUT2D eigenvalue weighted by Gasteiger charge is -2.06. The van der Waals surface area contributed by atoms with Crippen LogP contribution in [0, 0.1) is 5.92 Å². The van der Waals surface area contributed by atoms with Crippen LogP contribution in [0.25, 0.3) is 0 Å². The SMILES string of the molecule is CC(C)=CCCCCC(=O)C1CCCC1. The molecule has 0 N–H and O–H groups in total. The van der Waals surface area contributed by atoms with Crippen LogP contribution in [0.4, 0.5) is 0 Å². The van der Waals surface area contributed by atoms with Crippen molar-refractivity contribution in [1.29, 1.82) is 0 Å². The van der Waals surface area contributed by atoms with Crippen LogP contribution in [0.1, 0.15) is 65.2 Å². The maximum Gasteiger partial charge on any atom is 0.135 e. The average Bonchev–Trinajstić information content (AvgIpc) is 2.69. The number of carbonyl (C=O) groups is 1. The predicted octanol–water partition coefficient (Wildman–Crippen LogP) is 4.27. The molecule has 1 aliphatic carbocycles. The zero-order valence-electron chi connectivity index (χ0n) is 10.2. The number of rotatable bonds is 6. The normalized spacial score (nSPS) is 16.7. The Labute approximate surface area is 93.9 Å². The Balaban J connectivity index is 2.04. The van der Waals surface area contributed by atoms with Crippen LogP contribution >= 0.6 is 0 Å². The van der Waals surface area contributed by atoms with Gasteiger partial charge in [-0.1, -0.05) is 24.5 Å². The van der Waals surface area contributed by atoms with Crippen LogP contribution in [0.3, 0.4) is 0 Å². The van der Waals surface area contributed by atoms with Crippen molar-refractivity contribution in [3.63, 3.8) is 0 Å². The number of hydrogen-bond donors (Lipinski definition) is 0. The summed E-state index contributed by atoms with van der Waals surface area (Å²) in [5, 5.41) is 0. The minimum atomic E-state index is 0.424. The Hall–Kier alpha value is -0.590. The van der Waals surface area contributed by atoms with Crippen molar-refractivity contribution in [3.8, 4) is 0 Å². The molecule has 1 rings (SSSR count). The highest BCUT2D eigenvalue weighted by molar-refractivity contribution is 5.81. The molecule has 0 saturated heterocycles. The van der Waals surface area contributed by atoms with Gasteiger partial charge >= 0.3 is 0 Å². The molecule has 1 aliphatic rings. The van der Waals surface area contributed by atoms with Gasteiger partial charge in [0.2, 0.25) is 0 Å². The number of allylic oxidation sites excluding steroid dienone is 2. The van der Waals surface area contributed by atoms with E-state index in [4.69, 9.17) is 0 Å². The summed E-state index contributed by atoms with van der Waals surface area (Å²) >= 11 is 0. The summed E-state index contributed by atoms with van der Waals surface area (Å²) in [5.74, 6) is 0.957. The minimum Gasteiger partial charge on any atom is -0.299 e. The first kappa shape index (κ1) is 12.5. The zero-order valence-corrected chi connectivity index (χ0v) is 10.2. The van der Waals surface area contributed by atoms with Crippen molar-refractivity contribution in [2.75, 3.05) is 0 Å². The molecule has 1 nitrogen and oxygen atoms in total. The fourth-order valence-corrected chi connectivity index (χ4v) is 2.29. The smallest absolute Gasteiger partial charge is 0.135 e. The Kier molecular flexibility index (Phi) is 5.67. The lowest BCUT2D eigenvalue weighted by Crippen LogP contribution is -2.09. The fraction of sp³-hybridized carbons (Fsp3) is 0.786. The molecule has 0 amide bonds. The molecule has 86 valence electrons. The van der Waals surface area contributed by atoms with E-state index in [1.165, 1.54) is 24.8 Å². The second-order valence-electron chi connectivity index (χ2n) is 4.97. The molecule has 0 aromatic rings. The van der Waals surface area contributed by atoms with Gasteiger partial charge in [0.15, 0.2) is 0 Å². The molecule has 1 heteroatoms. The number of unbranched alkanes of at least 4 members (excludes halogenated alkanes) is 2. The van der Waals surface area contributed by atoms with E-state index in [9.17, 15) is 4.79 Å². The van der Waals surface area contributed by atoms with Gasteiger partial charge in [-0.05, 0) is 46.0 Å². The highest BCUT2D eigenvalue weighted by atomic mass is 16.1. The van der Waals surface area contributed by atoms with Gasteiger partial charge in [-0.15, -0.1) is 0 Å². The molecule has 1 fully saturated rings. The summed E-state index contributed by atoms with van der Waals surface area (Å²) in [5.41, 5.74) is 1.39. The van der Waals surface area contributed by atoms with E-state index in [0.717, 1.165) is 32.1 Å². The third kappa shape index (κ3) is 5.15. The number of ketones is 1. The topological polar surface area (TPSA) is 17.1 Å². The standard InChI is InChI=1S/C14H24O/c1-12(2)8-4-3-5-11-14(15)13-9-6-7-10-13/h8,13H,3-7,9-11H2,1-2H3.